The molecule has 51 heavy (non-hydrogen) atoms. The number of hydrogen-bond donors (Lipinski definition) is 0. The Labute approximate surface area is 302 Å². The van der Waals surface area contributed by atoms with Crippen molar-refractivity contribution in [1.29, 1.82) is 0 Å². The minimum Gasteiger partial charge on any atom is -0.295 e. The molecule has 0 aliphatic rings. The van der Waals surface area contributed by atoms with Crippen LogP contribution in [0.5, 0.6) is 0 Å². The van der Waals surface area contributed by atoms with Crippen molar-refractivity contribution in [2.24, 2.45) is 0 Å². The van der Waals surface area contributed by atoms with Gasteiger partial charge in [0.15, 0.2) is 0 Å². The average Bonchev–Trinajstić information content (AvgIpc) is 3.09. The van der Waals surface area contributed by atoms with E-state index in [4.69, 9.17) is 9.97 Å². The van der Waals surface area contributed by atoms with Crippen LogP contribution in [-0.4, -0.2) is 9.97 Å². The van der Waals surface area contributed by atoms with Crippen LogP contribution in [0.15, 0.2) is 152 Å². The number of anilines is 9. The molecule has 0 bridgehead atoms. The topological polar surface area (TPSA) is 35.5 Å². The molecule has 1 heterocycles. The zero-order chi connectivity index (χ0) is 35.5. The lowest BCUT2D eigenvalue weighted by molar-refractivity contribution is 1.03. The van der Waals surface area contributed by atoms with E-state index in [2.05, 4.69) is 208 Å². The van der Waals surface area contributed by atoms with Gasteiger partial charge in [0.2, 0.25) is 5.95 Å². The van der Waals surface area contributed by atoms with Crippen LogP contribution in [0.4, 0.5) is 51.7 Å². The normalized spacial score (nSPS) is 10.9. The molecule has 1 aromatic heterocycles. The van der Waals surface area contributed by atoms with Crippen molar-refractivity contribution in [2.75, 3.05) is 14.7 Å². The zero-order valence-corrected chi connectivity index (χ0v) is 30.2. The molecule has 0 aliphatic carbocycles. The van der Waals surface area contributed by atoms with Crippen molar-refractivity contribution < 1.29 is 0 Å². The van der Waals surface area contributed by atoms with Gasteiger partial charge in [0, 0.05) is 40.2 Å². The predicted molar refractivity (Wildman–Crippen MR) is 215 cm³/mol. The lowest BCUT2D eigenvalue weighted by Gasteiger charge is -2.31. The minimum absolute atomic E-state index is 0.564. The molecule has 0 atom stereocenters. The molecule has 0 radical (unpaired) electrons. The highest BCUT2D eigenvalue weighted by molar-refractivity contribution is 5.83. The standard InChI is InChI=1S/C46H43N5/c1-32-13-7-19-38(25-32)49(39-20-8-14-33(2)26-39)44-31-45(50(40-21-9-15-34(3)27-40)41-22-10-16-35(4)28-41)48-46(47-44)51(42-23-11-17-36(5)29-42)43-24-12-18-37(6)30-43/h7-31H,1-6H3. The van der Waals surface area contributed by atoms with Crippen LogP contribution in [0.1, 0.15) is 33.4 Å². The first-order valence-electron chi connectivity index (χ1n) is 17.4. The highest BCUT2D eigenvalue weighted by Gasteiger charge is 2.25. The summed E-state index contributed by atoms with van der Waals surface area (Å²) in [4.78, 5) is 17.6. The molecule has 0 amide bonds. The Hall–Kier alpha value is -6.20. The number of nitrogens with zero attached hydrogens (tertiary/aromatic N) is 5. The van der Waals surface area contributed by atoms with Gasteiger partial charge in [-0.1, -0.05) is 72.8 Å². The molecule has 0 fully saturated rings. The Morgan fingerprint density at radius 3 is 0.765 bits per heavy atom. The molecule has 0 saturated carbocycles. The minimum atomic E-state index is 0.564. The molecule has 0 aliphatic heterocycles. The van der Waals surface area contributed by atoms with E-state index in [1.807, 2.05) is 0 Å². The van der Waals surface area contributed by atoms with Crippen LogP contribution in [0.2, 0.25) is 0 Å². The molecule has 5 nitrogen and oxygen atoms in total. The molecule has 0 unspecified atom stereocenters. The second kappa shape index (κ2) is 14.3. The summed E-state index contributed by atoms with van der Waals surface area (Å²) in [7, 11) is 0. The van der Waals surface area contributed by atoms with Gasteiger partial charge in [-0.05, 0) is 148 Å². The Morgan fingerprint density at radius 1 is 0.294 bits per heavy atom. The van der Waals surface area contributed by atoms with E-state index in [0.29, 0.717) is 5.95 Å². The van der Waals surface area contributed by atoms with Gasteiger partial charge in [-0.15, -0.1) is 0 Å². The maximum Gasteiger partial charge on any atom is 0.238 e. The van der Waals surface area contributed by atoms with Crippen LogP contribution in [0, 0.1) is 41.5 Å². The maximum atomic E-state index is 5.48. The van der Waals surface area contributed by atoms with E-state index in [1.54, 1.807) is 0 Å². The molecule has 0 N–H and O–H groups in total. The van der Waals surface area contributed by atoms with Gasteiger partial charge in [0.1, 0.15) is 11.6 Å². The summed E-state index contributed by atoms with van der Waals surface area (Å²) in [6, 6.07) is 53.5. The summed E-state index contributed by atoms with van der Waals surface area (Å²) in [5, 5.41) is 0. The number of hydrogen-bond acceptors (Lipinski definition) is 5. The fourth-order valence-electron chi connectivity index (χ4n) is 6.55. The third-order valence-electron chi connectivity index (χ3n) is 8.90. The van der Waals surface area contributed by atoms with Crippen LogP contribution < -0.4 is 14.7 Å². The maximum absolute atomic E-state index is 5.48. The van der Waals surface area contributed by atoms with E-state index in [-0.39, 0.29) is 0 Å². The summed E-state index contributed by atoms with van der Waals surface area (Å²) in [5.41, 5.74) is 13.0. The van der Waals surface area contributed by atoms with E-state index in [9.17, 15) is 0 Å². The molecule has 6 aromatic carbocycles. The summed E-state index contributed by atoms with van der Waals surface area (Å²) in [6.45, 7) is 12.8. The van der Waals surface area contributed by atoms with E-state index in [0.717, 1.165) is 56.9 Å². The van der Waals surface area contributed by atoms with E-state index >= 15 is 0 Å². The second-order valence-corrected chi connectivity index (χ2v) is 13.4. The molecule has 5 heteroatoms. The number of benzene rings is 6. The van der Waals surface area contributed by atoms with Crippen molar-refractivity contribution in [3.63, 3.8) is 0 Å². The average molecular weight is 666 g/mol. The van der Waals surface area contributed by atoms with Crippen molar-refractivity contribution >= 4 is 51.7 Å². The van der Waals surface area contributed by atoms with Crippen LogP contribution in [0.3, 0.4) is 0 Å². The quantitative estimate of drug-likeness (QED) is 0.153. The first-order chi connectivity index (χ1) is 24.7. The van der Waals surface area contributed by atoms with Crippen LogP contribution in [-0.2, 0) is 0 Å². The number of aromatic nitrogens is 2. The van der Waals surface area contributed by atoms with Crippen LogP contribution >= 0.6 is 0 Å². The summed E-state index contributed by atoms with van der Waals surface area (Å²) < 4.78 is 0. The molecular formula is C46H43N5. The van der Waals surface area contributed by atoms with Gasteiger partial charge in [-0.2, -0.15) is 9.97 Å². The second-order valence-electron chi connectivity index (χ2n) is 13.4. The SMILES string of the molecule is Cc1cccc(N(c2cccc(C)c2)c2cc(N(c3cccc(C)c3)c3cccc(C)c3)nc(N(c3cccc(C)c3)c3cccc(C)c3)n2)c1. The molecule has 7 rings (SSSR count). The first-order valence-corrected chi connectivity index (χ1v) is 17.4. The molecular weight excluding hydrogens is 623 g/mol. The van der Waals surface area contributed by atoms with E-state index < -0.39 is 0 Å². The highest BCUT2D eigenvalue weighted by atomic mass is 15.3. The Bertz CT molecular complexity index is 1920. The Kier molecular flexibility index (Phi) is 9.36. The Balaban J connectivity index is 1.57. The molecule has 0 spiro atoms. The highest BCUT2D eigenvalue weighted by Crippen LogP contribution is 2.42. The number of aryl methyl sites for hydroxylation is 6. The smallest absolute Gasteiger partial charge is 0.238 e. The van der Waals surface area contributed by atoms with Crippen LogP contribution in [0.25, 0.3) is 0 Å². The first kappa shape index (κ1) is 33.3. The van der Waals surface area contributed by atoms with Gasteiger partial charge in [0.25, 0.3) is 0 Å². The summed E-state index contributed by atoms with van der Waals surface area (Å²) in [6.07, 6.45) is 0. The van der Waals surface area contributed by atoms with Gasteiger partial charge in [0.05, 0.1) is 0 Å². The zero-order valence-electron chi connectivity index (χ0n) is 30.2. The van der Waals surface area contributed by atoms with Crippen molar-refractivity contribution in [1.82, 2.24) is 9.97 Å². The molecule has 252 valence electrons. The lowest BCUT2D eigenvalue weighted by atomic mass is 10.1. The predicted octanol–water partition coefficient (Wildman–Crippen LogP) is 12.7. The van der Waals surface area contributed by atoms with Crippen molar-refractivity contribution in [2.45, 2.75) is 41.5 Å². The van der Waals surface area contributed by atoms with Gasteiger partial charge >= 0.3 is 0 Å². The summed E-state index contributed by atoms with van der Waals surface area (Å²) in [5.74, 6) is 2.07. The Morgan fingerprint density at radius 2 is 0.529 bits per heavy atom. The fraction of sp³-hybridized carbons (Fsp3) is 0.130. The van der Waals surface area contributed by atoms with Gasteiger partial charge in [-0.3, -0.25) is 14.7 Å². The third kappa shape index (κ3) is 7.38. The number of rotatable bonds is 9. The van der Waals surface area contributed by atoms with Gasteiger partial charge < -0.3 is 0 Å². The molecule has 0 saturated heterocycles. The van der Waals surface area contributed by atoms with Crippen molar-refractivity contribution in [3.8, 4) is 0 Å². The fourth-order valence-corrected chi connectivity index (χ4v) is 6.55. The monoisotopic (exact) mass is 665 g/mol. The molecule has 7 aromatic rings. The van der Waals surface area contributed by atoms with E-state index in [1.165, 1.54) is 22.3 Å². The lowest BCUT2D eigenvalue weighted by Crippen LogP contribution is -2.20. The largest absolute Gasteiger partial charge is 0.295 e. The van der Waals surface area contributed by atoms with Crippen molar-refractivity contribution in [3.05, 3.63) is 185 Å². The third-order valence-corrected chi connectivity index (χ3v) is 8.90. The summed E-state index contributed by atoms with van der Waals surface area (Å²) >= 11 is 0. The van der Waals surface area contributed by atoms with Gasteiger partial charge in [-0.25, -0.2) is 0 Å².